The van der Waals surface area contributed by atoms with E-state index < -0.39 is 12.6 Å². The molecule has 7 heteroatoms. The molecule has 1 aromatic heterocycles. The normalized spacial score (nSPS) is 11.3. The highest BCUT2D eigenvalue weighted by molar-refractivity contribution is 5.93. The van der Waals surface area contributed by atoms with Crippen LogP contribution in [-0.2, 0) is 0 Å². The molecule has 0 saturated carbocycles. The first-order valence-corrected chi connectivity index (χ1v) is 4.88. The Kier molecular flexibility index (Phi) is 3.93. The second-order valence-corrected chi connectivity index (χ2v) is 3.60. The van der Waals surface area contributed by atoms with Gasteiger partial charge >= 0.3 is 6.18 Å². The van der Waals surface area contributed by atoms with Crippen molar-refractivity contribution < 1.29 is 13.2 Å². The van der Waals surface area contributed by atoms with Crippen molar-refractivity contribution in [2.45, 2.75) is 12.6 Å². The van der Waals surface area contributed by atoms with Gasteiger partial charge in [-0.25, -0.2) is 0 Å². The van der Waals surface area contributed by atoms with E-state index in [9.17, 15) is 13.2 Å². The fourth-order valence-electron chi connectivity index (χ4n) is 1.23. The Hall–Kier alpha value is -1.79. The average Bonchev–Trinajstić information content (AvgIpc) is 2.25. The number of hydrogen-bond donors (Lipinski definition) is 2. The van der Waals surface area contributed by atoms with E-state index in [1.807, 2.05) is 0 Å². The maximum absolute atomic E-state index is 12.0. The first-order valence-electron chi connectivity index (χ1n) is 4.88. The molecule has 0 amide bonds. The fraction of sp³-hybridized carbons (Fsp3) is 0.400. The summed E-state index contributed by atoms with van der Waals surface area (Å²) < 4.78 is 36.1. The molecule has 0 radical (unpaired) electrons. The summed E-state index contributed by atoms with van der Waals surface area (Å²) in [5.41, 5.74) is 6.05. The number of rotatable bonds is 4. The molecule has 17 heavy (non-hydrogen) atoms. The monoisotopic (exact) mass is 246 g/mol. The molecule has 0 fully saturated rings. The van der Waals surface area contributed by atoms with Crippen LogP contribution in [0.15, 0.2) is 18.3 Å². The molecule has 0 aromatic carbocycles. The van der Waals surface area contributed by atoms with Crippen molar-refractivity contribution in [1.82, 2.24) is 4.98 Å². The average molecular weight is 246 g/mol. The Balaban J connectivity index is 2.72. The topological polar surface area (TPSA) is 66.0 Å². The van der Waals surface area contributed by atoms with Crippen molar-refractivity contribution in [3.63, 3.8) is 0 Å². The number of amidine groups is 1. The summed E-state index contributed by atoms with van der Waals surface area (Å²) in [7, 11) is 1.55. The number of nitrogens with zero attached hydrogens (tertiary/aromatic N) is 2. The van der Waals surface area contributed by atoms with Gasteiger partial charge in [0.15, 0.2) is 0 Å². The smallest absolute Gasteiger partial charge is 0.382 e. The number of nitrogens with two attached hydrogens (primary N) is 1. The second-order valence-electron chi connectivity index (χ2n) is 3.60. The Morgan fingerprint density at radius 2 is 2.18 bits per heavy atom. The molecule has 0 saturated heterocycles. The molecule has 1 rings (SSSR count). The summed E-state index contributed by atoms with van der Waals surface area (Å²) in [6, 6.07) is 3.06. The lowest BCUT2D eigenvalue weighted by Crippen LogP contribution is -2.24. The van der Waals surface area contributed by atoms with Gasteiger partial charge in [0.1, 0.15) is 11.5 Å². The molecular formula is C10H13F3N4. The van der Waals surface area contributed by atoms with E-state index in [1.54, 1.807) is 13.1 Å². The fourth-order valence-corrected chi connectivity index (χ4v) is 1.23. The number of nitrogen functional groups attached to an aromatic ring is 1. The van der Waals surface area contributed by atoms with E-state index in [1.165, 1.54) is 17.2 Å². The molecule has 0 aliphatic carbocycles. The Morgan fingerprint density at radius 1 is 1.53 bits per heavy atom. The van der Waals surface area contributed by atoms with E-state index in [2.05, 4.69) is 4.98 Å². The molecule has 1 aromatic rings. The summed E-state index contributed by atoms with van der Waals surface area (Å²) in [4.78, 5) is 5.28. The van der Waals surface area contributed by atoms with E-state index in [0.29, 0.717) is 5.69 Å². The van der Waals surface area contributed by atoms with Crippen LogP contribution < -0.4 is 10.6 Å². The van der Waals surface area contributed by atoms with Crippen molar-refractivity contribution >= 4 is 11.5 Å². The van der Waals surface area contributed by atoms with Crippen molar-refractivity contribution in [3.05, 3.63) is 24.0 Å². The van der Waals surface area contributed by atoms with Crippen molar-refractivity contribution in [1.29, 1.82) is 5.41 Å². The van der Waals surface area contributed by atoms with E-state index in [0.717, 1.165) is 0 Å². The van der Waals surface area contributed by atoms with Gasteiger partial charge in [0.05, 0.1) is 6.42 Å². The molecule has 0 spiro atoms. The van der Waals surface area contributed by atoms with Crippen LogP contribution in [0.4, 0.5) is 18.9 Å². The molecule has 0 aliphatic heterocycles. The zero-order valence-corrected chi connectivity index (χ0v) is 9.25. The van der Waals surface area contributed by atoms with Crippen LogP contribution in [0.2, 0.25) is 0 Å². The molecule has 94 valence electrons. The van der Waals surface area contributed by atoms with Crippen LogP contribution in [0.3, 0.4) is 0 Å². The molecular weight excluding hydrogens is 233 g/mol. The number of hydrogen-bond acceptors (Lipinski definition) is 3. The Bertz CT molecular complexity index is 403. The van der Waals surface area contributed by atoms with Crippen LogP contribution in [0.25, 0.3) is 0 Å². The van der Waals surface area contributed by atoms with Gasteiger partial charge in [0, 0.05) is 25.5 Å². The van der Waals surface area contributed by atoms with Crippen LogP contribution in [-0.4, -0.2) is 30.6 Å². The molecule has 0 unspecified atom stereocenters. The summed E-state index contributed by atoms with van der Waals surface area (Å²) in [5.74, 6) is -0.212. The standard InChI is InChI=1S/C10H13F3N4/c1-17(5-3-10(11,12)13)7-2-4-16-8(6-7)9(14)15/h2,4,6H,3,5H2,1H3,(H3,14,15). The third-order valence-corrected chi connectivity index (χ3v) is 2.19. The van der Waals surface area contributed by atoms with Crippen molar-refractivity contribution in [3.8, 4) is 0 Å². The van der Waals surface area contributed by atoms with Gasteiger partial charge in [-0.05, 0) is 12.1 Å². The summed E-state index contributed by atoms with van der Waals surface area (Å²) in [5, 5.41) is 7.19. The lowest BCUT2D eigenvalue weighted by molar-refractivity contribution is -0.132. The van der Waals surface area contributed by atoms with Gasteiger partial charge in [0.2, 0.25) is 0 Å². The molecule has 0 atom stereocenters. The summed E-state index contributed by atoms with van der Waals surface area (Å²) in [6.07, 6.45) is -3.65. The number of anilines is 1. The second kappa shape index (κ2) is 5.03. The van der Waals surface area contributed by atoms with Gasteiger partial charge in [-0.15, -0.1) is 0 Å². The van der Waals surface area contributed by atoms with Gasteiger partial charge in [0.25, 0.3) is 0 Å². The lowest BCUT2D eigenvalue weighted by Gasteiger charge is -2.20. The van der Waals surface area contributed by atoms with Crippen LogP contribution in [0.1, 0.15) is 12.1 Å². The maximum Gasteiger partial charge on any atom is 0.390 e. The first kappa shape index (κ1) is 13.3. The van der Waals surface area contributed by atoms with E-state index in [4.69, 9.17) is 11.1 Å². The molecule has 0 aliphatic rings. The minimum Gasteiger partial charge on any atom is -0.382 e. The van der Waals surface area contributed by atoms with Gasteiger partial charge in [-0.3, -0.25) is 10.4 Å². The minimum atomic E-state index is -4.18. The number of halogens is 3. The quantitative estimate of drug-likeness (QED) is 0.628. The first-order chi connectivity index (χ1) is 7.79. The Morgan fingerprint density at radius 3 is 2.71 bits per heavy atom. The predicted octanol–water partition coefficient (Wildman–Crippen LogP) is 1.75. The van der Waals surface area contributed by atoms with Gasteiger partial charge in [-0.1, -0.05) is 0 Å². The van der Waals surface area contributed by atoms with Crippen LogP contribution in [0.5, 0.6) is 0 Å². The highest BCUT2D eigenvalue weighted by atomic mass is 19.4. The van der Waals surface area contributed by atoms with Crippen LogP contribution >= 0.6 is 0 Å². The number of alkyl halides is 3. The van der Waals surface area contributed by atoms with Crippen molar-refractivity contribution in [2.75, 3.05) is 18.5 Å². The summed E-state index contributed by atoms with van der Waals surface area (Å²) in [6.45, 7) is -0.148. The predicted molar refractivity (Wildman–Crippen MR) is 59.2 cm³/mol. The van der Waals surface area contributed by atoms with E-state index >= 15 is 0 Å². The molecule has 0 bridgehead atoms. The zero-order valence-electron chi connectivity index (χ0n) is 9.25. The highest BCUT2D eigenvalue weighted by Gasteiger charge is 2.27. The third kappa shape index (κ3) is 4.29. The lowest BCUT2D eigenvalue weighted by atomic mass is 10.2. The summed E-state index contributed by atoms with van der Waals surface area (Å²) >= 11 is 0. The van der Waals surface area contributed by atoms with E-state index in [-0.39, 0.29) is 18.1 Å². The van der Waals surface area contributed by atoms with Crippen molar-refractivity contribution in [2.24, 2.45) is 5.73 Å². The largest absolute Gasteiger partial charge is 0.390 e. The molecule has 3 N–H and O–H groups in total. The number of pyridine rings is 1. The number of aromatic nitrogens is 1. The maximum atomic E-state index is 12.0. The SMILES string of the molecule is CN(CCC(F)(F)F)c1ccnc(C(=N)N)c1. The molecule has 4 nitrogen and oxygen atoms in total. The third-order valence-electron chi connectivity index (χ3n) is 2.19. The van der Waals surface area contributed by atoms with Gasteiger partial charge in [-0.2, -0.15) is 13.2 Å². The molecule has 1 heterocycles. The highest BCUT2D eigenvalue weighted by Crippen LogP contribution is 2.21. The van der Waals surface area contributed by atoms with Crippen LogP contribution in [0, 0.1) is 5.41 Å². The van der Waals surface area contributed by atoms with Gasteiger partial charge < -0.3 is 10.6 Å². The zero-order chi connectivity index (χ0) is 13.1. The number of nitrogens with one attached hydrogen (secondary N) is 1. The Labute approximate surface area is 96.8 Å². The minimum absolute atomic E-state index is 0.148.